The van der Waals surface area contributed by atoms with Gasteiger partial charge in [0, 0.05) is 19.3 Å². The maximum Gasteiger partial charge on any atom is 0.472 e. The largest absolute Gasteiger partial charge is 0.472 e. The summed E-state index contributed by atoms with van der Waals surface area (Å²) in [6, 6.07) is 0. The molecule has 16 nitrogen and oxygen atoms in total. The summed E-state index contributed by atoms with van der Waals surface area (Å²) in [4.78, 5) is 58.9. The summed E-state index contributed by atoms with van der Waals surface area (Å²) in [6.45, 7) is 2.38. The van der Waals surface area contributed by atoms with Gasteiger partial charge in [0.25, 0.3) is 0 Å². The number of hydrogen-bond donors (Lipinski definition) is 4. The van der Waals surface area contributed by atoms with Crippen molar-refractivity contribution in [3.05, 3.63) is 194 Å². The van der Waals surface area contributed by atoms with Crippen molar-refractivity contribution in [2.24, 2.45) is 0 Å². The van der Waals surface area contributed by atoms with Crippen LogP contribution in [0.25, 0.3) is 0 Å². The predicted octanol–water partition coefficient (Wildman–Crippen LogP) is 26.7. The second-order valence-corrected chi connectivity index (χ2v) is 31.5. The van der Waals surface area contributed by atoms with Crippen LogP contribution in [-0.4, -0.2) is 95.9 Å². The number of carbonyl (C=O) groups excluding carboxylic acids is 3. The number of allylic oxidation sites excluding steroid dienone is 32. The third-order valence-electron chi connectivity index (χ3n) is 17.8. The van der Waals surface area contributed by atoms with Gasteiger partial charge in [0.15, 0.2) is 6.10 Å². The van der Waals surface area contributed by atoms with E-state index < -0.39 is 91.5 Å². The molecule has 5 atom stereocenters. The average Bonchev–Trinajstić information content (AvgIpc) is 0.900. The first kappa shape index (κ1) is 107. The van der Waals surface area contributed by atoms with Crippen LogP contribution in [0.1, 0.15) is 329 Å². The Hall–Kier alpha value is -5.61. The van der Waals surface area contributed by atoms with Crippen LogP contribution >= 0.6 is 15.6 Å². The highest BCUT2D eigenvalue weighted by atomic mass is 31.2. The summed E-state index contributed by atoms with van der Waals surface area (Å²) in [6.07, 6.45) is 113. The summed E-state index contributed by atoms with van der Waals surface area (Å²) < 4.78 is 61.3. The van der Waals surface area contributed by atoms with Crippen molar-refractivity contribution in [1.82, 2.24) is 0 Å². The molecule has 4 N–H and O–H groups in total. The molecule has 0 heterocycles. The van der Waals surface area contributed by atoms with Crippen molar-refractivity contribution in [2.45, 2.75) is 347 Å². The molecule has 0 amide bonds. The SMILES string of the molecule is CC/C=C\C/C=C\C/C=C\C/C=C\C/C=C\C/C=C\CCCCCCCCCCCCCCCCC(=O)OCC(O)COP(=O)(O)OCC(O)COP(=O)(O)OCC(COC(=O)CCCCCC/C=C\C/C=C\C/C=C\C/C=C\C/C=C\C/C=C\CC)OC(=O)CCCCCCC/C=C\C/C=C\C/C=C\C/C=C\CCCCC. The molecule has 18 heteroatoms. The van der Waals surface area contributed by atoms with Gasteiger partial charge in [-0.25, -0.2) is 9.13 Å². The normalized spacial score (nSPS) is 14.8. The minimum absolute atomic E-state index is 0.0705. The Balaban J connectivity index is 4.62. The van der Waals surface area contributed by atoms with Crippen molar-refractivity contribution in [1.29, 1.82) is 0 Å². The molecule has 0 saturated heterocycles. The van der Waals surface area contributed by atoms with Gasteiger partial charge in [-0.3, -0.25) is 32.5 Å². The predicted molar refractivity (Wildman–Crippen MR) is 472 cm³/mol. The van der Waals surface area contributed by atoms with Gasteiger partial charge in [-0.15, -0.1) is 0 Å². The highest BCUT2D eigenvalue weighted by molar-refractivity contribution is 7.47. The summed E-state index contributed by atoms with van der Waals surface area (Å²) in [5.41, 5.74) is 0. The molecule has 0 saturated carbocycles. The van der Waals surface area contributed by atoms with Crippen LogP contribution in [0, 0.1) is 0 Å². The molecule has 0 fully saturated rings. The molecular formula is C95H156O16P2. The molecule has 0 radical (unpaired) electrons. The van der Waals surface area contributed by atoms with Crippen molar-refractivity contribution in [2.75, 3.05) is 39.6 Å². The number of aliphatic hydroxyl groups excluding tert-OH is 2. The second-order valence-electron chi connectivity index (χ2n) is 28.6. The van der Waals surface area contributed by atoms with Gasteiger partial charge in [0.1, 0.15) is 25.4 Å². The molecule has 0 aliphatic heterocycles. The molecule has 0 aliphatic carbocycles. The summed E-state index contributed by atoms with van der Waals surface area (Å²) in [7, 11) is -9.83. The third kappa shape index (κ3) is 87.1. The van der Waals surface area contributed by atoms with Gasteiger partial charge in [0.2, 0.25) is 0 Å². The zero-order valence-corrected chi connectivity index (χ0v) is 72.3. The standard InChI is InChI=1S/C95H156O16P2/c1-4-7-10-13-16-19-22-25-28-31-34-37-39-40-41-42-43-44-45-46-47-48-50-53-54-57-60-63-66-69-72-75-78-81-93(98)105-84-90(96)85-107-112(101,102)108-86-91(97)87-109-113(103,104)110-89-92(111-95(100)83-80-77-74-71-68-65-62-59-56-51-36-33-30-27-24-21-18-15-12-9-6-3)88-106-94(99)82-79-76-73-70-67-64-61-58-55-52-49-38-35-32-29-26-23-20-17-14-11-8-5-2/h7-8,10-11,16-21,25-30,34-38,40-41,43-44,51-52,55,59,61-62,64,90-92,96-97H,4-6,9,12-15,22-24,31-33,39,42,45-50,53-54,56-58,60,63,65-89H2,1-3H3,(H,101,102)(H,103,104)/b10-7-,11-8-,19-16-,20-17-,21-18-,28-25-,29-26-,30-27-,37-34-,38-35-,41-40-,44-43-,51-36-,55-52-,62-59-,64-61-. The van der Waals surface area contributed by atoms with Gasteiger partial charge in [-0.05, 0) is 167 Å². The lowest BCUT2D eigenvalue weighted by molar-refractivity contribution is -0.161. The van der Waals surface area contributed by atoms with E-state index in [9.17, 15) is 43.5 Å². The lowest BCUT2D eigenvalue weighted by Gasteiger charge is -2.21. The summed E-state index contributed by atoms with van der Waals surface area (Å²) >= 11 is 0. The van der Waals surface area contributed by atoms with Crippen LogP contribution in [-0.2, 0) is 55.8 Å². The first-order valence-corrected chi connectivity index (χ1v) is 46.7. The maximum absolute atomic E-state index is 13.0. The van der Waals surface area contributed by atoms with Crippen LogP contribution < -0.4 is 0 Å². The molecule has 0 spiro atoms. The molecule has 642 valence electrons. The molecule has 113 heavy (non-hydrogen) atoms. The van der Waals surface area contributed by atoms with E-state index in [1.807, 2.05) is 0 Å². The van der Waals surface area contributed by atoms with Crippen molar-refractivity contribution in [3.63, 3.8) is 0 Å². The summed E-state index contributed by atoms with van der Waals surface area (Å²) in [5.74, 6) is -1.63. The average molecular weight is 1620 g/mol. The Labute approximate surface area is 687 Å². The smallest absolute Gasteiger partial charge is 0.463 e. The molecule has 0 rings (SSSR count). The number of ether oxygens (including phenoxy) is 3. The lowest BCUT2D eigenvalue weighted by atomic mass is 10.0. The van der Waals surface area contributed by atoms with E-state index in [4.69, 9.17) is 32.3 Å². The first-order chi connectivity index (χ1) is 55.2. The molecule has 0 aromatic heterocycles. The number of phosphoric ester groups is 2. The monoisotopic (exact) mass is 1620 g/mol. The maximum atomic E-state index is 13.0. The summed E-state index contributed by atoms with van der Waals surface area (Å²) in [5, 5.41) is 20.7. The molecule has 0 aromatic rings. The minimum Gasteiger partial charge on any atom is -0.463 e. The molecule has 0 aromatic carbocycles. The second kappa shape index (κ2) is 85.8. The zero-order valence-electron chi connectivity index (χ0n) is 70.5. The number of hydrogen-bond acceptors (Lipinski definition) is 14. The van der Waals surface area contributed by atoms with E-state index in [0.29, 0.717) is 19.3 Å². The fourth-order valence-corrected chi connectivity index (χ4v) is 12.8. The molecule has 0 aliphatic rings. The van der Waals surface area contributed by atoms with Gasteiger partial charge in [-0.2, -0.15) is 0 Å². The number of phosphoric acid groups is 2. The van der Waals surface area contributed by atoms with Gasteiger partial charge < -0.3 is 34.2 Å². The molecular weight excluding hydrogens is 1460 g/mol. The van der Waals surface area contributed by atoms with Crippen molar-refractivity contribution in [3.8, 4) is 0 Å². The van der Waals surface area contributed by atoms with Crippen molar-refractivity contribution >= 4 is 33.6 Å². The number of carbonyl (C=O) groups is 3. The Bertz CT molecular complexity index is 2830. The quantitative estimate of drug-likeness (QED) is 0.0146. The number of aliphatic hydroxyl groups is 2. The van der Waals surface area contributed by atoms with E-state index in [-0.39, 0.29) is 19.3 Å². The van der Waals surface area contributed by atoms with Crippen LogP contribution in [0.3, 0.4) is 0 Å². The van der Waals surface area contributed by atoms with E-state index in [2.05, 4.69) is 215 Å². The van der Waals surface area contributed by atoms with Crippen LogP contribution in [0.5, 0.6) is 0 Å². The van der Waals surface area contributed by atoms with Crippen LogP contribution in [0.15, 0.2) is 194 Å². The highest BCUT2D eigenvalue weighted by Gasteiger charge is 2.29. The van der Waals surface area contributed by atoms with Gasteiger partial charge in [0.05, 0.1) is 26.4 Å². The minimum atomic E-state index is -4.96. The molecule has 5 unspecified atom stereocenters. The first-order valence-electron chi connectivity index (χ1n) is 43.7. The Morgan fingerprint density at radius 1 is 0.257 bits per heavy atom. The van der Waals surface area contributed by atoms with Gasteiger partial charge >= 0.3 is 33.6 Å². The van der Waals surface area contributed by atoms with E-state index in [1.54, 1.807) is 0 Å². The van der Waals surface area contributed by atoms with E-state index in [1.165, 1.54) is 83.5 Å². The lowest BCUT2D eigenvalue weighted by Crippen LogP contribution is -2.30. The van der Waals surface area contributed by atoms with Crippen LogP contribution in [0.4, 0.5) is 0 Å². The zero-order chi connectivity index (χ0) is 82.2. The molecule has 0 bridgehead atoms. The van der Waals surface area contributed by atoms with Crippen molar-refractivity contribution < 1.29 is 75.8 Å². The number of esters is 3. The van der Waals surface area contributed by atoms with Gasteiger partial charge in [-0.1, -0.05) is 337 Å². The Morgan fingerprint density at radius 3 is 0.743 bits per heavy atom. The van der Waals surface area contributed by atoms with Crippen LogP contribution in [0.2, 0.25) is 0 Å². The Morgan fingerprint density at radius 2 is 0.469 bits per heavy atom. The number of rotatable bonds is 81. The Kier molecular flexibility index (Phi) is 81.5. The fourth-order valence-electron chi connectivity index (χ4n) is 11.2. The number of unbranched alkanes of at least 4 members (excludes halogenated alkanes) is 26. The van der Waals surface area contributed by atoms with E-state index in [0.717, 1.165) is 186 Å². The fraction of sp³-hybridized carbons (Fsp3) is 0.632. The third-order valence-corrected chi connectivity index (χ3v) is 19.7. The topological polar surface area (TPSA) is 231 Å². The van der Waals surface area contributed by atoms with E-state index >= 15 is 0 Å². The highest BCUT2D eigenvalue weighted by Crippen LogP contribution is 2.45.